The Morgan fingerprint density at radius 3 is 2.90 bits per heavy atom. The molecule has 0 aromatic carbocycles. The Morgan fingerprint density at radius 1 is 1.25 bits per heavy atom. The summed E-state index contributed by atoms with van der Waals surface area (Å²) < 4.78 is 5.78. The maximum Gasteiger partial charge on any atom is 0.167 e. The van der Waals surface area contributed by atoms with Gasteiger partial charge in [0.2, 0.25) is 0 Å². The fourth-order valence-electron chi connectivity index (χ4n) is 3.38. The second-order valence-electron chi connectivity index (χ2n) is 5.79. The Bertz CT molecular complexity index is 552. The van der Waals surface area contributed by atoms with Crippen molar-refractivity contribution in [3.63, 3.8) is 0 Å². The standard InChI is InChI=1S/C15H20N4O/c1-9-10(2)18-19-15(12(9)8-16)17-13-4-3-5-14-11(13)6-7-20-14/h11,13-14H,3-7H2,1-2H3,(H,17,19). The molecule has 2 heterocycles. The number of nitrogens with zero attached hydrogens (tertiary/aromatic N) is 3. The van der Waals surface area contributed by atoms with Crippen molar-refractivity contribution in [1.82, 2.24) is 10.2 Å². The number of hydrogen-bond acceptors (Lipinski definition) is 5. The number of anilines is 1. The number of nitriles is 1. The van der Waals surface area contributed by atoms with Gasteiger partial charge in [-0.15, -0.1) is 5.10 Å². The molecule has 5 nitrogen and oxygen atoms in total. The number of fused-ring (bicyclic) bond motifs is 1. The van der Waals surface area contributed by atoms with Crippen molar-refractivity contribution >= 4 is 5.82 Å². The summed E-state index contributed by atoms with van der Waals surface area (Å²) in [7, 11) is 0. The zero-order chi connectivity index (χ0) is 14.1. The largest absolute Gasteiger partial charge is 0.378 e. The van der Waals surface area contributed by atoms with Gasteiger partial charge in [-0.25, -0.2) is 0 Å². The molecule has 1 aliphatic carbocycles. The van der Waals surface area contributed by atoms with Crippen molar-refractivity contribution in [2.45, 2.75) is 51.7 Å². The molecule has 3 unspecified atom stereocenters. The Balaban J connectivity index is 1.84. The van der Waals surface area contributed by atoms with E-state index in [1.165, 1.54) is 6.42 Å². The maximum atomic E-state index is 9.36. The average Bonchev–Trinajstić information content (AvgIpc) is 2.93. The van der Waals surface area contributed by atoms with E-state index in [0.29, 0.717) is 29.4 Å². The minimum absolute atomic E-state index is 0.347. The van der Waals surface area contributed by atoms with Gasteiger partial charge in [0, 0.05) is 18.6 Å². The minimum Gasteiger partial charge on any atom is -0.378 e. The van der Waals surface area contributed by atoms with Crippen LogP contribution < -0.4 is 5.32 Å². The SMILES string of the molecule is Cc1nnc(NC2CCCC3OCCC23)c(C#N)c1C. The molecule has 20 heavy (non-hydrogen) atoms. The Hall–Kier alpha value is -1.67. The molecule has 1 saturated heterocycles. The number of nitrogens with one attached hydrogen (secondary N) is 1. The van der Waals surface area contributed by atoms with Crippen molar-refractivity contribution in [2.24, 2.45) is 5.92 Å². The van der Waals surface area contributed by atoms with Gasteiger partial charge in [0.1, 0.15) is 11.6 Å². The van der Waals surface area contributed by atoms with Gasteiger partial charge in [0.05, 0.1) is 11.8 Å². The van der Waals surface area contributed by atoms with Crippen LogP contribution in [0.15, 0.2) is 0 Å². The summed E-state index contributed by atoms with van der Waals surface area (Å²) in [6, 6.07) is 2.60. The molecule has 1 saturated carbocycles. The maximum absolute atomic E-state index is 9.36. The lowest BCUT2D eigenvalue weighted by molar-refractivity contribution is 0.0619. The molecule has 1 N–H and O–H groups in total. The summed E-state index contributed by atoms with van der Waals surface area (Å²) in [5, 5.41) is 21.2. The van der Waals surface area contributed by atoms with Gasteiger partial charge in [-0.3, -0.25) is 0 Å². The normalized spacial score (nSPS) is 28.8. The molecule has 0 bridgehead atoms. The molecular formula is C15H20N4O. The lowest BCUT2D eigenvalue weighted by atomic mass is 9.82. The quantitative estimate of drug-likeness (QED) is 0.894. The molecule has 3 rings (SSSR count). The molecule has 2 fully saturated rings. The van der Waals surface area contributed by atoms with Crippen LogP contribution in [-0.2, 0) is 4.74 Å². The highest BCUT2D eigenvalue weighted by atomic mass is 16.5. The highest BCUT2D eigenvalue weighted by Gasteiger charge is 2.38. The number of ether oxygens (including phenoxy) is 1. The van der Waals surface area contributed by atoms with Crippen molar-refractivity contribution in [2.75, 3.05) is 11.9 Å². The second-order valence-corrected chi connectivity index (χ2v) is 5.79. The molecule has 5 heteroatoms. The number of rotatable bonds is 2. The Kier molecular flexibility index (Phi) is 3.58. The minimum atomic E-state index is 0.347. The number of hydrogen-bond donors (Lipinski definition) is 1. The molecule has 106 valence electrons. The summed E-state index contributed by atoms with van der Waals surface area (Å²) in [6.07, 6.45) is 4.92. The highest BCUT2D eigenvalue weighted by Crippen LogP contribution is 2.36. The first-order chi connectivity index (χ1) is 9.70. The fourth-order valence-corrected chi connectivity index (χ4v) is 3.38. The summed E-state index contributed by atoms with van der Waals surface area (Å²) in [5.41, 5.74) is 2.36. The summed E-state index contributed by atoms with van der Waals surface area (Å²) in [5.74, 6) is 1.17. The summed E-state index contributed by atoms with van der Waals surface area (Å²) >= 11 is 0. The van der Waals surface area contributed by atoms with E-state index in [0.717, 1.165) is 37.1 Å². The highest BCUT2D eigenvalue weighted by molar-refractivity contribution is 5.56. The Morgan fingerprint density at radius 2 is 2.10 bits per heavy atom. The first-order valence-electron chi connectivity index (χ1n) is 7.33. The van der Waals surface area contributed by atoms with E-state index in [1.54, 1.807) is 0 Å². The molecule has 3 atom stereocenters. The van der Waals surface area contributed by atoms with Gasteiger partial charge in [-0.05, 0) is 45.1 Å². The van der Waals surface area contributed by atoms with Crippen LogP contribution in [0.1, 0.15) is 42.5 Å². The fraction of sp³-hybridized carbons (Fsp3) is 0.667. The summed E-state index contributed by atoms with van der Waals surface area (Å²) in [4.78, 5) is 0. The lowest BCUT2D eigenvalue weighted by Crippen LogP contribution is -2.38. The molecular weight excluding hydrogens is 252 g/mol. The van der Waals surface area contributed by atoms with E-state index in [9.17, 15) is 5.26 Å². The third-order valence-electron chi connectivity index (χ3n) is 4.67. The third-order valence-corrected chi connectivity index (χ3v) is 4.67. The van der Waals surface area contributed by atoms with E-state index in [1.807, 2.05) is 13.8 Å². The van der Waals surface area contributed by atoms with Crippen LogP contribution in [0.2, 0.25) is 0 Å². The van der Waals surface area contributed by atoms with Crippen LogP contribution in [0.5, 0.6) is 0 Å². The van der Waals surface area contributed by atoms with Gasteiger partial charge in [-0.2, -0.15) is 10.4 Å². The average molecular weight is 272 g/mol. The van der Waals surface area contributed by atoms with E-state index >= 15 is 0 Å². The Labute approximate surface area is 119 Å². The van der Waals surface area contributed by atoms with E-state index in [4.69, 9.17) is 4.74 Å². The van der Waals surface area contributed by atoms with Crippen LogP contribution in [0.3, 0.4) is 0 Å². The van der Waals surface area contributed by atoms with Gasteiger partial charge >= 0.3 is 0 Å². The predicted molar refractivity (Wildman–Crippen MR) is 75.3 cm³/mol. The van der Waals surface area contributed by atoms with Crippen molar-refractivity contribution in [1.29, 1.82) is 5.26 Å². The molecule has 1 aliphatic heterocycles. The van der Waals surface area contributed by atoms with Gasteiger partial charge in [-0.1, -0.05) is 0 Å². The van der Waals surface area contributed by atoms with Crippen LogP contribution in [0, 0.1) is 31.1 Å². The van der Waals surface area contributed by atoms with Crippen molar-refractivity contribution in [3.05, 3.63) is 16.8 Å². The first kappa shape index (κ1) is 13.3. The zero-order valence-electron chi connectivity index (χ0n) is 12.0. The molecule has 0 spiro atoms. The van der Waals surface area contributed by atoms with E-state index in [2.05, 4.69) is 21.6 Å². The topological polar surface area (TPSA) is 70.8 Å². The lowest BCUT2D eigenvalue weighted by Gasteiger charge is -2.33. The van der Waals surface area contributed by atoms with E-state index in [-0.39, 0.29) is 0 Å². The van der Waals surface area contributed by atoms with Crippen LogP contribution in [0.25, 0.3) is 0 Å². The van der Waals surface area contributed by atoms with Crippen LogP contribution in [0.4, 0.5) is 5.82 Å². The predicted octanol–water partition coefficient (Wildman–Crippen LogP) is 2.33. The molecule has 0 radical (unpaired) electrons. The summed E-state index contributed by atoms with van der Waals surface area (Å²) in [6.45, 7) is 4.67. The van der Waals surface area contributed by atoms with Crippen molar-refractivity contribution in [3.8, 4) is 6.07 Å². The molecule has 2 aliphatic rings. The van der Waals surface area contributed by atoms with Gasteiger partial charge in [0.25, 0.3) is 0 Å². The number of aryl methyl sites for hydroxylation is 1. The van der Waals surface area contributed by atoms with Gasteiger partial charge < -0.3 is 10.1 Å². The van der Waals surface area contributed by atoms with Crippen LogP contribution >= 0.6 is 0 Å². The van der Waals surface area contributed by atoms with E-state index < -0.39 is 0 Å². The van der Waals surface area contributed by atoms with Crippen LogP contribution in [-0.4, -0.2) is 29.0 Å². The molecule has 1 aromatic rings. The second kappa shape index (κ2) is 5.37. The smallest absolute Gasteiger partial charge is 0.167 e. The monoisotopic (exact) mass is 272 g/mol. The van der Waals surface area contributed by atoms with Crippen molar-refractivity contribution < 1.29 is 4.74 Å². The first-order valence-corrected chi connectivity index (χ1v) is 7.33. The zero-order valence-corrected chi connectivity index (χ0v) is 12.0. The molecule has 0 amide bonds. The molecule has 1 aromatic heterocycles. The van der Waals surface area contributed by atoms with Gasteiger partial charge in [0.15, 0.2) is 5.82 Å². The number of aromatic nitrogens is 2. The third kappa shape index (κ3) is 2.25.